The number of aromatic nitrogens is 3. The van der Waals surface area contributed by atoms with Gasteiger partial charge in [0.05, 0.1) is 24.5 Å². The molecule has 1 aliphatic carbocycles. The van der Waals surface area contributed by atoms with Crippen LogP contribution in [0.15, 0.2) is 24.4 Å². The Labute approximate surface area is 150 Å². The van der Waals surface area contributed by atoms with Gasteiger partial charge >= 0.3 is 0 Å². The third-order valence-corrected chi connectivity index (χ3v) is 4.79. The molecule has 0 atom stereocenters. The van der Waals surface area contributed by atoms with E-state index in [0.717, 1.165) is 38.8 Å². The SMILES string of the molecule is O=C(Nc1ccc(F)cc1OCC1CC1)c1cn(C2CCNCC2)nn1. The Morgan fingerprint density at radius 1 is 1.31 bits per heavy atom. The van der Waals surface area contributed by atoms with Crippen LogP contribution in [0.4, 0.5) is 10.1 Å². The van der Waals surface area contributed by atoms with Crippen molar-refractivity contribution in [2.24, 2.45) is 5.92 Å². The smallest absolute Gasteiger partial charge is 0.277 e. The molecule has 2 aliphatic rings. The number of anilines is 1. The van der Waals surface area contributed by atoms with Crippen LogP contribution in [0, 0.1) is 11.7 Å². The molecule has 26 heavy (non-hydrogen) atoms. The summed E-state index contributed by atoms with van der Waals surface area (Å²) in [7, 11) is 0. The van der Waals surface area contributed by atoms with Crippen molar-refractivity contribution in [1.82, 2.24) is 20.3 Å². The molecule has 1 saturated carbocycles. The highest BCUT2D eigenvalue weighted by atomic mass is 19.1. The van der Waals surface area contributed by atoms with Gasteiger partial charge in [-0.25, -0.2) is 9.07 Å². The monoisotopic (exact) mass is 359 g/mol. The minimum absolute atomic E-state index is 0.237. The zero-order chi connectivity index (χ0) is 17.9. The molecule has 1 aromatic heterocycles. The third kappa shape index (κ3) is 4.01. The number of hydrogen-bond acceptors (Lipinski definition) is 5. The second kappa shape index (κ2) is 7.41. The first-order valence-corrected chi connectivity index (χ1v) is 9.05. The number of carbonyl (C=O) groups is 1. The van der Waals surface area contributed by atoms with Gasteiger partial charge in [0.2, 0.25) is 0 Å². The summed E-state index contributed by atoms with van der Waals surface area (Å²) >= 11 is 0. The Morgan fingerprint density at radius 2 is 2.12 bits per heavy atom. The summed E-state index contributed by atoms with van der Waals surface area (Å²) in [5.41, 5.74) is 0.675. The fourth-order valence-corrected chi connectivity index (χ4v) is 3.03. The van der Waals surface area contributed by atoms with E-state index in [1.165, 1.54) is 18.2 Å². The largest absolute Gasteiger partial charge is 0.491 e. The van der Waals surface area contributed by atoms with Gasteiger partial charge < -0.3 is 15.4 Å². The van der Waals surface area contributed by atoms with Crippen molar-refractivity contribution < 1.29 is 13.9 Å². The molecule has 0 bridgehead atoms. The highest BCUT2D eigenvalue weighted by molar-refractivity contribution is 6.03. The fraction of sp³-hybridized carbons (Fsp3) is 0.500. The molecule has 1 aromatic carbocycles. The second-order valence-electron chi connectivity index (χ2n) is 6.91. The highest BCUT2D eigenvalue weighted by Gasteiger charge is 2.23. The van der Waals surface area contributed by atoms with E-state index in [1.54, 1.807) is 10.9 Å². The van der Waals surface area contributed by atoms with Crippen molar-refractivity contribution in [3.05, 3.63) is 35.9 Å². The molecule has 138 valence electrons. The molecule has 2 heterocycles. The zero-order valence-electron chi connectivity index (χ0n) is 14.4. The van der Waals surface area contributed by atoms with Crippen molar-refractivity contribution in [2.45, 2.75) is 31.7 Å². The number of halogens is 1. The van der Waals surface area contributed by atoms with Crippen LogP contribution in [-0.4, -0.2) is 40.6 Å². The average Bonchev–Trinajstić information content (AvgIpc) is 3.36. The molecule has 4 rings (SSSR count). The van der Waals surface area contributed by atoms with Crippen LogP contribution in [0.1, 0.15) is 42.2 Å². The lowest BCUT2D eigenvalue weighted by molar-refractivity contribution is 0.102. The van der Waals surface area contributed by atoms with Gasteiger partial charge in [-0.1, -0.05) is 5.21 Å². The normalized spacial score (nSPS) is 17.9. The predicted molar refractivity (Wildman–Crippen MR) is 93.7 cm³/mol. The van der Waals surface area contributed by atoms with E-state index >= 15 is 0 Å². The lowest BCUT2D eigenvalue weighted by Crippen LogP contribution is -2.29. The van der Waals surface area contributed by atoms with Crippen LogP contribution in [0.2, 0.25) is 0 Å². The number of piperidine rings is 1. The Hall–Kier alpha value is -2.48. The number of amides is 1. The van der Waals surface area contributed by atoms with Crippen molar-refractivity contribution in [3.8, 4) is 5.75 Å². The quantitative estimate of drug-likeness (QED) is 0.828. The van der Waals surface area contributed by atoms with Gasteiger partial charge in [-0.2, -0.15) is 0 Å². The topological polar surface area (TPSA) is 81.1 Å². The number of benzene rings is 1. The van der Waals surface area contributed by atoms with E-state index in [9.17, 15) is 9.18 Å². The van der Waals surface area contributed by atoms with E-state index in [-0.39, 0.29) is 17.6 Å². The van der Waals surface area contributed by atoms with Crippen LogP contribution in [-0.2, 0) is 0 Å². The maximum absolute atomic E-state index is 13.5. The van der Waals surface area contributed by atoms with Gasteiger partial charge in [0.25, 0.3) is 5.91 Å². The van der Waals surface area contributed by atoms with Gasteiger partial charge in [0.1, 0.15) is 11.6 Å². The van der Waals surface area contributed by atoms with Crippen molar-refractivity contribution in [2.75, 3.05) is 25.0 Å². The van der Waals surface area contributed by atoms with E-state index in [2.05, 4.69) is 20.9 Å². The first-order chi connectivity index (χ1) is 12.7. The molecular weight excluding hydrogens is 337 g/mol. The van der Waals surface area contributed by atoms with Gasteiger partial charge in [0.15, 0.2) is 5.69 Å². The molecule has 0 radical (unpaired) electrons. The molecule has 1 saturated heterocycles. The summed E-state index contributed by atoms with van der Waals surface area (Å²) in [4.78, 5) is 12.5. The number of nitrogens with one attached hydrogen (secondary N) is 2. The third-order valence-electron chi connectivity index (χ3n) is 4.79. The molecule has 2 aromatic rings. The minimum atomic E-state index is -0.398. The number of ether oxygens (including phenoxy) is 1. The van der Waals surface area contributed by atoms with Crippen LogP contribution in [0.5, 0.6) is 5.75 Å². The van der Waals surface area contributed by atoms with Crippen LogP contribution in [0.25, 0.3) is 0 Å². The molecule has 0 unspecified atom stereocenters. The summed E-state index contributed by atoms with van der Waals surface area (Å²) < 4.78 is 21.0. The van der Waals surface area contributed by atoms with Crippen molar-refractivity contribution >= 4 is 11.6 Å². The van der Waals surface area contributed by atoms with Gasteiger partial charge in [0, 0.05) is 6.07 Å². The van der Waals surface area contributed by atoms with Gasteiger partial charge in [-0.05, 0) is 56.8 Å². The summed E-state index contributed by atoms with van der Waals surface area (Å²) in [5, 5.41) is 14.1. The highest BCUT2D eigenvalue weighted by Crippen LogP contribution is 2.32. The molecule has 2 N–H and O–H groups in total. The minimum Gasteiger partial charge on any atom is -0.491 e. The van der Waals surface area contributed by atoms with E-state index in [4.69, 9.17) is 4.74 Å². The van der Waals surface area contributed by atoms with Crippen LogP contribution < -0.4 is 15.4 Å². The Balaban J connectivity index is 1.44. The zero-order valence-corrected chi connectivity index (χ0v) is 14.4. The van der Waals surface area contributed by atoms with Crippen LogP contribution in [0.3, 0.4) is 0 Å². The number of hydrogen-bond donors (Lipinski definition) is 2. The molecule has 1 aliphatic heterocycles. The summed E-state index contributed by atoms with van der Waals surface area (Å²) in [5.74, 6) is 0.0985. The standard InChI is InChI=1S/C18H22FN5O2/c19-13-3-4-15(17(9-13)26-11-12-1-2-12)21-18(25)16-10-24(23-22-16)14-5-7-20-8-6-14/h3-4,9-10,12,14,20H,1-2,5-8,11H2,(H,21,25). The maximum Gasteiger partial charge on any atom is 0.277 e. The maximum atomic E-state index is 13.5. The lowest BCUT2D eigenvalue weighted by Gasteiger charge is -2.22. The van der Waals surface area contributed by atoms with Crippen molar-refractivity contribution in [3.63, 3.8) is 0 Å². The number of carbonyl (C=O) groups excluding carboxylic acids is 1. The van der Waals surface area contributed by atoms with E-state index in [0.29, 0.717) is 24.0 Å². The van der Waals surface area contributed by atoms with Gasteiger partial charge in [-0.15, -0.1) is 5.10 Å². The van der Waals surface area contributed by atoms with Crippen molar-refractivity contribution in [1.29, 1.82) is 0 Å². The summed E-state index contributed by atoms with van der Waals surface area (Å²) in [6.07, 6.45) is 5.86. The average molecular weight is 359 g/mol. The Bertz CT molecular complexity index is 784. The first kappa shape index (κ1) is 17.0. The second-order valence-corrected chi connectivity index (χ2v) is 6.91. The van der Waals surface area contributed by atoms with Crippen LogP contribution >= 0.6 is 0 Å². The van der Waals surface area contributed by atoms with Gasteiger partial charge in [-0.3, -0.25) is 4.79 Å². The number of nitrogens with zero attached hydrogens (tertiary/aromatic N) is 3. The molecule has 0 spiro atoms. The lowest BCUT2D eigenvalue weighted by atomic mass is 10.1. The summed E-state index contributed by atoms with van der Waals surface area (Å²) in [6.45, 7) is 2.41. The van der Waals surface area contributed by atoms with E-state index in [1.807, 2.05) is 0 Å². The summed E-state index contributed by atoms with van der Waals surface area (Å²) in [6, 6.07) is 4.36. The fourth-order valence-electron chi connectivity index (χ4n) is 3.03. The molecule has 1 amide bonds. The Morgan fingerprint density at radius 3 is 2.88 bits per heavy atom. The molecule has 7 nitrogen and oxygen atoms in total. The number of rotatable bonds is 6. The van der Waals surface area contributed by atoms with E-state index < -0.39 is 5.82 Å². The molecule has 8 heteroatoms. The first-order valence-electron chi connectivity index (χ1n) is 9.05. The predicted octanol–water partition coefficient (Wildman–Crippen LogP) is 2.38. The Kier molecular flexibility index (Phi) is 4.83. The molecule has 2 fully saturated rings. The molecular formula is C18H22FN5O2.